The van der Waals surface area contributed by atoms with Crippen LogP contribution < -0.4 is 22.7 Å². The second-order valence-electron chi connectivity index (χ2n) is 6.64. The van der Waals surface area contributed by atoms with Crippen molar-refractivity contribution in [3.05, 3.63) is 0 Å². The summed E-state index contributed by atoms with van der Waals surface area (Å²) in [6.45, 7) is 6.41. The Balaban J connectivity index is 0.00000400. The van der Waals surface area contributed by atoms with Gasteiger partial charge in [-0.1, -0.05) is 38.5 Å². The largest absolute Gasteiger partial charge is 1.00 e. The monoisotopic (exact) mass is 380 g/mol. The van der Waals surface area contributed by atoms with Gasteiger partial charge in [0.05, 0.1) is 26.2 Å². The van der Waals surface area contributed by atoms with Gasteiger partial charge >= 0.3 is 0 Å². The van der Waals surface area contributed by atoms with Crippen molar-refractivity contribution in [2.24, 2.45) is 5.73 Å². The lowest BCUT2D eigenvalue weighted by molar-refractivity contribution is -0.914. The average molecular weight is 381 g/mol. The van der Waals surface area contributed by atoms with Crippen LogP contribution in [0.5, 0.6) is 0 Å². The summed E-state index contributed by atoms with van der Waals surface area (Å²) in [7, 11) is 0. The van der Waals surface area contributed by atoms with Gasteiger partial charge in [0.2, 0.25) is 0 Å². The van der Waals surface area contributed by atoms with Crippen molar-refractivity contribution in [3.63, 3.8) is 0 Å². The first-order valence-electron chi connectivity index (χ1n) is 8.99. The Kier molecular flexibility index (Phi) is 14.9. The van der Waals surface area contributed by atoms with Gasteiger partial charge in [0, 0.05) is 18.6 Å². The van der Waals surface area contributed by atoms with Gasteiger partial charge in [0.15, 0.2) is 0 Å². The van der Waals surface area contributed by atoms with Crippen LogP contribution in [-0.4, -0.2) is 43.0 Å². The van der Waals surface area contributed by atoms with E-state index < -0.39 is 0 Å². The highest BCUT2D eigenvalue weighted by molar-refractivity contribution is 7.80. The second kappa shape index (κ2) is 14.3. The first-order chi connectivity index (χ1) is 9.83. The van der Waals surface area contributed by atoms with Crippen LogP contribution in [0.4, 0.5) is 0 Å². The summed E-state index contributed by atoms with van der Waals surface area (Å²) < 4.78 is 1.38. The number of rotatable bonds is 13. The SMILES string of the molecule is NCCCCCCCCCCC[N+]1(CCS)CCCC1.[Br-]. The second-order valence-corrected chi connectivity index (χ2v) is 7.08. The van der Waals surface area contributed by atoms with E-state index in [9.17, 15) is 0 Å². The number of nitrogens with zero attached hydrogens (tertiary/aromatic N) is 1. The lowest BCUT2D eigenvalue weighted by atomic mass is 10.1. The number of nitrogens with two attached hydrogens (primary N) is 1. The predicted octanol–water partition coefficient (Wildman–Crippen LogP) is 1.00. The molecular weight excluding hydrogens is 344 g/mol. The molecule has 1 aliphatic rings. The van der Waals surface area contributed by atoms with E-state index in [4.69, 9.17) is 5.73 Å². The Labute approximate surface area is 149 Å². The molecule has 1 rings (SSSR count). The van der Waals surface area contributed by atoms with E-state index in [1.165, 1.54) is 101 Å². The van der Waals surface area contributed by atoms with Crippen molar-refractivity contribution < 1.29 is 21.5 Å². The molecule has 0 aromatic heterocycles. The van der Waals surface area contributed by atoms with Gasteiger partial charge in [-0.2, -0.15) is 12.6 Å². The van der Waals surface area contributed by atoms with Gasteiger partial charge in [-0.3, -0.25) is 0 Å². The van der Waals surface area contributed by atoms with Gasteiger partial charge in [-0.25, -0.2) is 0 Å². The van der Waals surface area contributed by atoms with Crippen LogP contribution in [0.1, 0.15) is 70.6 Å². The molecule has 0 saturated carbocycles. The van der Waals surface area contributed by atoms with Crippen molar-refractivity contribution in [2.45, 2.75) is 70.6 Å². The fourth-order valence-corrected chi connectivity index (χ4v) is 4.03. The fourth-order valence-electron chi connectivity index (χ4n) is 3.61. The molecule has 21 heavy (non-hydrogen) atoms. The molecule has 1 heterocycles. The minimum atomic E-state index is 0. The third-order valence-electron chi connectivity index (χ3n) is 4.93. The van der Waals surface area contributed by atoms with E-state index in [2.05, 4.69) is 12.6 Å². The molecular formula is C17H37BrN2S. The van der Waals surface area contributed by atoms with Crippen LogP contribution in [0.15, 0.2) is 0 Å². The highest BCUT2D eigenvalue weighted by atomic mass is 79.9. The molecule has 0 unspecified atom stereocenters. The third-order valence-corrected chi connectivity index (χ3v) is 5.13. The first kappa shape index (κ1) is 21.8. The van der Waals surface area contributed by atoms with Crippen LogP contribution in [0.2, 0.25) is 0 Å². The molecule has 2 N–H and O–H groups in total. The maximum atomic E-state index is 5.50. The van der Waals surface area contributed by atoms with Crippen molar-refractivity contribution in [1.29, 1.82) is 0 Å². The van der Waals surface area contributed by atoms with E-state index in [0.717, 1.165) is 12.3 Å². The number of halogens is 1. The van der Waals surface area contributed by atoms with Crippen molar-refractivity contribution in [1.82, 2.24) is 0 Å². The van der Waals surface area contributed by atoms with Gasteiger partial charge in [-0.15, -0.1) is 0 Å². The molecule has 0 amide bonds. The zero-order valence-corrected chi connectivity index (χ0v) is 16.4. The summed E-state index contributed by atoms with van der Waals surface area (Å²) >= 11 is 4.45. The minimum absolute atomic E-state index is 0. The molecule has 2 nitrogen and oxygen atoms in total. The fraction of sp³-hybridized carbons (Fsp3) is 1.00. The molecule has 128 valence electrons. The van der Waals surface area contributed by atoms with Gasteiger partial charge < -0.3 is 27.2 Å². The molecule has 0 radical (unpaired) electrons. The molecule has 0 aromatic rings. The van der Waals surface area contributed by atoms with Gasteiger partial charge in [-0.05, 0) is 25.8 Å². The smallest absolute Gasteiger partial charge is 0.0876 e. The molecule has 0 spiro atoms. The lowest BCUT2D eigenvalue weighted by Crippen LogP contribution is -3.00. The van der Waals surface area contributed by atoms with E-state index in [1.807, 2.05) is 0 Å². The molecule has 0 aliphatic carbocycles. The Morgan fingerprint density at radius 2 is 1.19 bits per heavy atom. The quantitative estimate of drug-likeness (QED) is 0.278. The number of likely N-dealkylation sites (tertiary alicyclic amines) is 1. The van der Waals surface area contributed by atoms with Crippen LogP contribution >= 0.6 is 12.6 Å². The summed E-state index contributed by atoms with van der Waals surface area (Å²) in [6, 6.07) is 0. The average Bonchev–Trinajstić information content (AvgIpc) is 2.90. The zero-order chi connectivity index (χ0) is 14.5. The molecule has 0 aromatic carbocycles. The molecule has 4 heteroatoms. The molecule has 0 atom stereocenters. The normalized spacial score (nSPS) is 16.9. The summed E-state index contributed by atoms with van der Waals surface area (Å²) in [5.74, 6) is 1.06. The zero-order valence-electron chi connectivity index (χ0n) is 13.9. The van der Waals surface area contributed by atoms with Crippen LogP contribution in [0.25, 0.3) is 0 Å². The van der Waals surface area contributed by atoms with E-state index in [-0.39, 0.29) is 17.0 Å². The summed E-state index contributed by atoms with van der Waals surface area (Å²) in [5, 5.41) is 0. The molecule has 1 fully saturated rings. The van der Waals surface area contributed by atoms with Crippen LogP contribution in [0, 0.1) is 0 Å². The van der Waals surface area contributed by atoms with Crippen molar-refractivity contribution in [2.75, 3.05) is 38.5 Å². The third kappa shape index (κ3) is 10.2. The summed E-state index contributed by atoms with van der Waals surface area (Å²) in [4.78, 5) is 0. The maximum Gasteiger partial charge on any atom is 0.0876 e. The Morgan fingerprint density at radius 1 is 0.714 bits per heavy atom. The van der Waals surface area contributed by atoms with Crippen molar-refractivity contribution >= 4 is 12.6 Å². The highest BCUT2D eigenvalue weighted by Crippen LogP contribution is 2.21. The molecule has 1 aliphatic heterocycles. The van der Waals surface area contributed by atoms with E-state index >= 15 is 0 Å². The predicted molar refractivity (Wildman–Crippen MR) is 93.4 cm³/mol. The van der Waals surface area contributed by atoms with Crippen LogP contribution in [-0.2, 0) is 0 Å². The van der Waals surface area contributed by atoms with E-state index in [0.29, 0.717) is 0 Å². The maximum absolute atomic E-state index is 5.50. The van der Waals surface area contributed by atoms with Gasteiger partial charge in [0.25, 0.3) is 0 Å². The number of thiol groups is 1. The van der Waals surface area contributed by atoms with Gasteiger partial charge in [0.1, 0.15) is 0 Å². The number of quaternary nitrogens is 1. The lowest BCUT2D eigenvalue weighted by Gasteiger charge is -2.34. The van der Waals surface area contributed by atoms with E-state index in [1.54, 1.807) is 0 Å². The summed E-state index contributed by atoms with van der Waals surface area (Å²) in [6.07, 6.45) is 15.4. The minimum Gasteiger partial charge on any atom is -1.00 e. The number of hydrogen-bond donors (Lipinski definition) is 2. The Bertz CT molecular complexity index is 221. The number of hydrogen-bond acceptors (Lipinski definition) is 2. The Hall–Kier alpha value is 0.750. The highest BCUT2D eigenvalue weighted by Gasteiger charge is 2.30. The Morgan fingerprint density at radius 3 is 1.67 bits per heavy atom. The molecule has 0 bridgehead atoms. The molecule has 1 saturated heterocycles. The summed E-state index contributed by atoms with van der Waals surface area (Å²) in [5.41, 5.74) is 5.50. The van der Waals surface area contributed by atoms with Crippen molar-refractivity contribution in [3.8, 4) is 0 Å². The number of unbranched alkanes of at least 4 members (excludes halogenated alkanes) is 8. The topological polar surface area (TPSA) is 26.0 Å². The van der Waals surface area contributed by atoms with Crippen LogP contribution in [0.3, 0.4) is 0 Å². The first-order valence-corrected chi connectivity index (χ1v) is 9.62. The standard InChI is InChI=1S/C17H36N2S.BrH/c18-12-8-6-4-2-1-3-5-7-9-13-19(16-17-20)14-10-11-15-19;/h1-18H2;1H.